The van der Waals surface area contributed by atoms with Crippen molar-refractivity contribution in [3.05, 3.63) is 160 Å². The minimum Gasteiger partial charge on any atom is -0.473 e. The molecule has 17 heteroatoms. The number of halogens is 4. The van der Waals surface area contributed by atoms with Gasteiger partial charge < -0.3 is 23.7 Å². The molecule has 4 aromatic carbocycles. The summed E-state index contributed by atoms with van der Waals surface area (Å²) in [5.74, 6) is 0.0260. The van der Waals surface area contributed by atoms with Crippen molar-refractivity contribution in [2.75, 3.05) is 13.2 Å². The van der Waals surface area contributed by atoms with Gasteiger partial charge in [0.1, 0.15) is 0 Å². The molecule has 0 radical (unpaired) electrons. The normalized spacial score (nSPS) is 11.0. The molecule has 0 aromatic heterocycles. The van der Waals surface area contributed by atoms with Crippen LogP contribution in [0, 0.1) is 20.2 Å². The van der Waals surface area contributed by atoms with Crippen LogP contribution in [0.15, 0.2) is 97.5 Å². The van der Waals surface area contributed by atoms with Crippen LogP contribution in [-0.2, 0) is 39.9 Å². The van der Waals surface area contributed by atoms with E-state index in [4.69, 9.17) is 70.1 Å². The van der Waals surface area contributed by atoms with Gasteiger partial charge in [0.2, 0.25) is 0 Å². The predicted octanol–water partition coefficient (Wildman–Crippen LogP) is 10.5. The van der Waals surface area contributed by atoms with Crippen molar-refractivity contribution in [2.24, 2.45) is 0 Å². The molecular formula is C36H28Cl4N2O11. The maximum atomic E-state index is 12.1. The maximum absolute atomic E-state index is 12.1. The zero-order valence-electron chi connectivity index (χ0n) is 27.4. The molecule has 0 bridgehead atoms. The molecule has 0 atom stereocenters. The highest BCUT2D eigenvalue weighted by Crippen LogP contribution is 2.33. The smallest absolute Gasteiger partial charge is 0.473 e. The van der Waals surface area contributed by atoms with Crippen molar-refractivity contribution in [3.8, 4) is 11.5 Å². The first-order valence-corrected chi connectivity index (χ1v) is 17.0. The molecule has 0 aliphatic heterocycles. The van der Waals surface area contributed by atoms with E-state index in [0.717, 1.165) is 11.1 Å². The number of ether oxygens (including phenoxy) is 5. The standard InChI is InChI=1S/C36H28Cl4N2O11/c37-29-21-33(52-35(43)50-17-13-23-5-9-27(10-6-23)41(45)46)31(39)19-25(29)3-1-15-49-16-2-4-26-20-32(40)34(22-30(26)38)53-36(44)51-18-14-24-7-11-28(12-8-24)42(47)48/h1-2,5-12,15-16,19-22H,3-4,13-14,17-18H2. The number of nitro groups is 2. The van der Waals surface area contributed by atoms with Crippen LogP contribution < -0.4 is 9.47 Å². The molecule has 53 heavy (non-hydrogen) atoms. The lowest BCUT2D eigenvalue weighted by Gasteiger charge is -2.10. The topological polar surface area (TPSA) is 167 Å². The van der Waals surface area contributed by atoms with E-state index in [-0.39, 0.29) is 56.2 Å². The first kappa shape index (κ1) is 40.4. The number of carbonyl (C=O) groups excluding carboxylic acids is 2. The summed E-state index contributed by atoms with van der Waals surface area (Å²) in [4.78, 5) is 44.8. The molecule has 0 aliphatic carbocycles. The Morgan fingerprint density at radius 3 is 1.32 bits per heavy atom. The average molecular weight is 806 g/mol. The third kappa shape index (κ3) is 13.0. The summed E-state index contributed by atoms with van der Waals surface area (Å²) in [5, 5.41) is 22.4. The maximum Gasteiger partial charge on any atom is 0.513 e. The molecule has 0 N–H and O–H groups in total. The number of hydrogen-bond acceptors (Lipinski definition) is 11. The highest BCUT2D eigenvalue weighted by atomic mass is 35.5. The average Bonchev–Trinajstić information content (AvgIpc) is 3.12. The van der Waals surface area contributed by atoms with Crippen LogP contribution in [0.4, 0.5) is 21.0 Å². The van der Waals surface area contributed by atoms with Crippen LogP contribution in [-0.4, -0.2) is 35.4 Å². The van der Waals surface area contributed by atoms with Crippen molar-refractivity contribution in [1.82, 2.24) is 0 Å². The minimum absolute atomic E-state index is 0.0130. The fourth-order valence-electron chi connectivity index (χ4n) is 4.43. The summed E-state index contributed by atoms with van der Waals surface area (Å²) in [5.41, 5.74) is 2.68. The Morgan fingerprint density at radius 1 is 0.585 bits per heavy atom. The van der Waals surface area contributed by atoms with E-state index in [1.54, 1.807) is 48.6 Å². The van der Waals surface area contributed by atoms with Crippen molar-refractivity contribution >= 4 is 70.1 Å². The van der Waals surface area contributed by atoms with Crippen molar-refractivity contribution in [2.45, 2.75) is 25.7 Å². The Bertz CT molecular complexity index is 1860. The number of non-ortho nitro benzene ring substituents is 2. The van der Waals surface area contributed by atoms with E-state index in [1.807, 2.05) is 0 Å². The molecular weight excluding hydrogens is 778 g/mol. The van der Waals surface area contributed by atoms with Gasteiger partial charge in [-0.1, -0.05) is 70.7 Å². The lowest BCUT2D eigenvalue weighted by Crippen LogP contribution is -2.13. The lowest BCUT2D eigenvalue weighted by atomic mass is 10.1. The summed E-state index contributed by atoms with van der Waals surface area (Å²) in [6, 6.07) is 17.6. The second-order valence-corrected chi connectivity index (χ2v) is 12.4. The van der Waals surface area contributed by atoms with Gasteiger partial charge in [-0.2, -0.15) is 0 Å². The monoisotopic (exact) mass is 804 g/mol. The molecule has 0 amide bonds. The highest BCUT2D eigenvalue weighted by molar-refractivity contribution is 6.35. The molecule has 0 heterocycles. The summed E-state index contributed by atoms with van der Waals surface area (Å²) in [6.45, 7) is -0.0336. The van der Waals surface area contributed by atoms with Crippen LogP contribution in [0.5, 0.6) is 11.5 Å². The Hall–Kier alpha value is -5.34. The van der Waals surface area contributed by atoms with Crippen LogP contribution in [0.3, 0.4) is 0 Å². The minimum atomic E-state index is -0.985. The first-order valence-electron chi connectivity index (χ1n) is 15.5. The third-order valence-corrected chi connectivity index (χ3v) is 8.42. The Kier molecular flexibility index (Phi) is 15.3. The lowest BCUT2D eigenvalue weighted by molar-refractivity contribution is -0.385. The van der Waals surface area contributed by atoms with Gasteiger partial charge in [-0.25, -0.2) is 9.59 Å². The zero-order chi connectivity index (χ0) is 38.3. The SMILES string of the molecule is O=C(OCCc1ccc([N+](=O)[O-])cc1)Oc1cc(Cl)c(CC=COC=CCc2cc(Cl)c(OC(=O)OCCc3ccc([N+](=O)[O-])cc3)cc2Cl)cc1Cl. The van der Waals surface area contributed by atoms with Crippen LogP contribution in [0.2, 0.25) is 20.1 Å². The van der Waals surface area contributed by atoms with E-state index in [0.29, 0.717) is 36.8 Å². The van der Waals surface area contributed by atoms with Gasteiger partial charge >= 0.3 is 12.3 Å². The van der Waals surface area contributed by atoms with Crippen molar-refractivity contribution < 1.29 is 43.1 Å². The molecule has 4 aromatic rings. The fraction of sp³-hybridized carbons (Fsp3) is 0.167. The van der Waals surface area contributed by atoms with Crippen LogP contribution in [0.25, 0.3) is 0 Å². The molecule has 0 unspecified atom stereocenters. The Morgan fingerprint density at radius 2 is 0.962 bits per heavy atom. The number of carbonyl (C=O) groups is 2. The van der Waals surface area contributed by atoms with E-state index >= 15 is 0 Å². The number of rotatable bonds is 16. The summed E-state index contributed by atoms with van der Waals surface area (Å²) >= 11 is 25.3. The van der Waals surface area contributed by atoms with Gasteiger partial charge in [0.05, 0.1) is 45.6 Å². The number of hydrogen-bond donors (Lipinski definition) is 0. The molecule has 276 valence electrons. The summed E-state index contributed by atoms with van der Waals surface area (Å²) in [7, 11) is 0. The van der Waals surface area contributed by atoms with Gasteiger partial charge in [0, 0.05) is 59.3 Å². The molecule has 4 rings (SSSR count). The summed E-state index contributed by atoms with van der Waals surface area (Å²) < 4.78 is 25.9. The highest BCUT2D eigenvalue weighted by Gasteiger charge is 2.15. The number of benzene rings is 4. The van der Waals surface area contributed by atoms with Gasteiger partial charge in [-0.05, 0) is 59.4 Å². The first-order chi connectivity index (χ1) is 25.4. The molecule has 13 nitrogen and oxygen atoms in total. The van der Waals surface area contributed by atoms with Gasteiger partial charge in [0.15, 0.2) is 11.5 Å². The summed E-state index contributed by atoms with van der Waals surface area (Å²) in [6.07, 6.45) is 5.62. The quantitative estimate of drug-likeness (QED) is 0.0347. The van der Waals surface area contributed by atoms with Crippen LogP contribution in [0.1, 0.15) is 22.3 Å². The van der Waals surface area contributed by atoms with Crippen molar-refractivity contribution in [1.29, 1.82) is 0 Å². The third-order valence-electron chi connectivity index (χ3n) is 7.13. The van der Waals surface area contributed by atoms with Crippen LogP contribution >= 0.6 is 46.4 Å². The Labute approximate surface area is 322 Å². The number of allylic oxidation sites excluding steroid dienone is 2. The zero-order valence-corrected chi connectivity index (χ0v) is 30.4. The predicted molar refractivity (Wildman–Crippen MR) is 197 cm³/mol. The molecule has 0 aliphatic rings. The van der Waals surface area contributed by atoms with Gasteiger partial charge in [0.25, 0.3) is 11.4 Å². The molecule has 0 saturated heterocycles. The van der Waals surface area contributed by atoms with E-state index in [1.165, 1.54) is 48.9 Å². The second kappa shape index (κ2) is 20.0. The number of nitrogens with zero attached hydrogens (tertiary/aromatic N) is 2. The van der Waals surface area contributed by atoms with E-state index in [2.05, 4.69) is 0 Å². The molecule has 0 saturated carbocycles. The fourth-order valence-corrected chi connectivity index (χ4v) is 5.34. The van der Waals surface area contributed by atoms with Gasteiger partial charge in [-0.3, -0.25) is 20.2 Å². The van der Waals surface area contributed by atoms with E-state index < -0.39 is 22.2 Å². The molecule has 0 fully saturated rings. The molecule has 0 spiro atoms. The largest absolute Gasteiger partial charge is 0.513 e. The van der Waals surface area contributed by atoms with E-state index in [9.17, 15) is 29.8 Å². The van der Waals surface area contributed by atoms with Gasteiger partial charge in [-0.15, -0.1) is 0 Å². The second-order valence-electron chi connectivity index (χ2n) is 10.8. The number of nitro benzene ring substituents is 2. The Balaban J connectivity index is 1.16. The van der Waals surface area contributed by atoms with Crippen molar-refractivity contribution in [3.63, 3.8) is 0 Å².